The second-order valence-corrected chi connectivity index (χ2v) is 3.75. The number of alkyl halides is 3. The van der Waals surface area contributed by atoms with E-state index in [4.69, 9.17) is 5.26 Å². The van der Waals surface area contributed by atoms with E-state index in [1.54, 1.807) is 0 Å². The summed E-state index contributed by atoms with van der Waals surface area (Å²) < 4.78 is 39.5. The van der Waals surface area contributed by atoms with Gasteiger partial charge >= 0.3 is 6.18 Å². The van der Waals surface area contributed by atoms with Gasteiger partial charge in [0, 0.05) is 0 Å². The van der Waals surface area contributed by atoms with E-state index in [0.717, 1.165) is 10.9 Å². The van der Waals surface area contributed by atoms with Crippen molar-refractivity contribution < 1.29 is 13.2 Å². The van der Waals surface area contributed by atoms with Crippen LogP contribution in [0.1, 0.15) is 16.8 Å². The number of nitrogens with zero attached hydrogens (tertiary/aromatic N) is 3. The van der Waals surface area contributed by atoms with Crippen LogP contribution in [0.2, 0.25) is 0 Å². The first-order chi connectivity index (χ1) is 8.43. The van der Waals surface area contributed by atoms with Crippen LogP contribution in [0.3, 0.4) is 0 Å². The molecule has 6 heteroatoms. The van der Waals surface area contributed by atoms with Crippen LogP contribution in [0, 0.1) is 18.3 Å². The van der Waals surface area contributed by atoms with E-state index in [2.05, 4.69) is 5.10 Å². The zero-order valence-corrected chi connectivity index (χ0v) is 9.36. The second kappa shape index (κ2) is 4.18. The molecule has 1 heterocycles. The normalized spacial score (nSPS) is 11.3. The van der Waals surface area contributed by atoms with E-state index in [9.17, 15) is 13.2 Å². The van der Waals surface area contributed by atoms with Crippen LogP contribution < -0.4 is 0 Å². The lowest BCUT2D eigenvalue weighted by Crippen LogP contribution is -2.14. The molecular weight excluding hydrogens is 243 g/mol. The average Bonchev–Trinajstić information content (AvgIpc) is 2.71. The first-order valence-corrected chi connectivity index (χ1v) is 5.06. The number of rotatable bonds is 1. The number of aryl methyl sites for hydroxylation is 1. The molecule has 0 aliphatic heterocycles. The third kappa shape index (κ3) is 2.07. The third-order valence-corrected chi connectivity index (χ3v) is 2.44. The molecule has 0 saturated carbocycles. The summed E-state index contributed by atoms with van der Waals surface area (Å²) in [5, 5.41) is 12.5. The Kier molecular flexibility index (Phi) is 2.83. The quantitative estimate of drug-likeness (QED) is 0.781. The molecule has 0 bridgehead atoms. The Balaban J connectivity index is 2.62. The van der Waals surface area contributed by atoms with Gasteiger partial charge in [0.1, 0.15) is 0 Å². The molecule has 3 nitrogen and oxygen atoms in total. The summed E-state index contributed by atoms with van der Waals surface area (Å²) in [4.78, 5) is 0. The third-order valence-electron chi connectivity index (χ3n) is 2.44. The highest BCUT2D eigenvalue weighted by Gasteiger charge is 2.37. The van der Waals surface area contributed by atoms with Crippen LogP contribution in [0.15, 0.2) is 30.5 Å². The topological polar surface area (TPSA) is 41.6 Å². The maximum absolute atomic E-state index is 12.9. The van der Waals surface area contributed by atoms with Crippen LogP contribution in [0.4, 0.5) is 13.2 Å². The summed E-state index contributed by atoms with van der Waals surface area (Å²) in [7, 11) is 0. The standard InChI is InChI=1S/C12H8F3N3/c1-8-7-17-18(11(8)12(13,14)15)10-4-2-3-9(5-10)6-16/h2-5,7H,1H3. The number of hydrogen-bond acceptors (Lipinski definition) is 2. The van der Waals surface area contributed by atoms with Crippen molar-refractivity contribution in [2.45, 2.75) is 13.1 Å². The SMILES string of the molecule is Cc1cnn(-c2cccc(C#N)c2)c1C(F)(F)F. The van der Waals surface area contributed by atoms with Gasteiger partial charge in [-0.1, -0.05) is 6.07 Å². The molecule has 18 heavy (non-hydrogen) atoms. The molecule has 0 unspecified atom stereocenters. The maximum atomic E-state index is 12.9. The fourth-order valence-corrected chi connectivity index (χ4v) is 1.68. The Labute approximate surface area is 101 Å². The minimum absolute atomic E-state index is 0.0462. The number of nitriles is 1. The summed E-state index contributed by atoms with van der Waals surface area (Å²) in [5.41, 5.74) is -0.272. The predicted molar refractivity (Wildman–Crippen MR) is 58.0 cm³/mol. The second-order valence-electron chi connectivity index (χ2n) is 3.75. The lowest BCUT2D eigenvalue weighted by Gasteiger charge is -2.11. The lowest BCUT2D eigenvalue weighted by atomic mass is 10.2. The van der Waals surface area contributed by atoms with Crippen LogP contribution in [-0.4, -0.2) is 9.78 Å². The predicted octanol–water partition coefficient (Wildman–Crippen LogP) is 3.07. The van der Waals surface area contributed by atoms with Gasteiger partial charge in [-0.2, -0.15) is 23.5 Å². The van der Waals surface area contributed by atoms with E-state index < -0.39 is 11.9 Å². The Morgan fingerprint density at radius 2 is 2.06 bits per heavy atom. The van der Waals surface area contributed by atoms with Crippen molar-refractivity contribution in [3.05, 3.63) is 47.3 Å². The summed E-state index contributed by atoms with van der Waals surface area (Å²) in [6.45, 7) is 1.35. The minimum Gasteiger partial charge on any atom is -0.228 e. The van der Waals surface area contributed by atoms with Crippen molar-refractivity contribution >= 4 is 0 Å². The van der Waals surface area contributed by atoms with Crippen LogP contribution >= 0.6 is 0 Å². The summed E-state index contributed by atoms with van der Waals surface area (Å²) in [5.74, 6) is 0. The van der Waals surface area contributed by atoms with Crippen molar-refractivity contribution in [2.75, 3.05) is 0 Å². The number of halogens is 3. The van der Waals surface area contributed by atoms with Crippen molar-refractivity contribution in [3.8, 4) is 11.8 Å². The molecule has 0 saturated heterocycles. The molecule has 1 aromatic carbocycles. The highest BCUT2D eigenvalue weighted by atomic mass is 19.4. The fourth-order valence-electron chi connectivity index (χ4n) is 1.68. The van der Waals surface area contributed by atoms with Gasteiger partial charge in [-0.15, -0.1) is 0 Å². The summed E-state index contributed by atoms with van der Waals surface area (Å²) in [6, 6.07) is 7.76. The molecule has 2 rings (SSSR count). The molecule has 0 fully saturated rings. The molecule has 0 aliphatic carbocycles. The molecule has 0 aliphatic rings. The Morgan fingerprint density at radius 3 is 2.67 bits per heavy atom. The first-order valence-electron chi connectivity index (χ1n) is 5.06. The number of benzene rings is 1. The molecule has 0 radical (unpaired) electrons. The van der Waals surface area contributed by atoms with Crippen LogP contribution in [0.5, 0.6) is 0 Å². The van der Waals surface area contributed by atoms with E-state index >= 15 is 0 Å². The lowest BCUT2D eigenvalue weighted by molar-refractivity contribution is -0.143. The molecular formula is C12H8F3N3. The van der Waals surface area contributed by atoms with Crippen LogP contribution in [-0.2, 0) is 6.18 Å². The van der Waals surface area contributed by atoms with Gasteiger partial charge in [0.2, 0.25) is 0 Å². The Hall–Kier alpha value is -2.29. The molecule has 92 valence electrons. The molecule has 0 N–H and O–H groups in total. The van der Waals surface area contributed by atoms with Gasteiger partial charge in [-0.05, 0) is 30.7 Å². The van der Waals surface area contributed by atoms with Gasteiger partial charge in [-0.25, -0.2) is 4.68 Å². The molecule has 0 amide bonds. The number of aromatic nitrogens is 2. The van der Waals surface area contributed by atoms with Crippen molar-refractivity contribution in [2.24, 2.45) is 0 Å². The van der Waals surface area contributed by atoms with Crippen molar-refractivity contribution in [1.82, 2.24) is 9.78 Å². The summed E-state index contributed by atoms with van der Waals surface area (Å²) in [6.07, 6.45) is -3.33. The maximum Gasteiger partial charge on any atom is 0.433 e. The van der Waals surface area contributed by atoms with E-state index in [1.165, 1.54) is 31.2 Å². The monoisotopic (exact) mass is 251 g/mol. The van der Waals surface area contributed by atoms with E-state index in [-0.39, 0.29) is 16.8 Å². The van der Waals surface area contributed by atoms with Crippen LogP contribution in [0.25, 0.3) is 5.69 Å². The zero-order valence-electron chi connectivity index (χ0n) is 9.36. The summed E-state index contributed by atoms with van der Waals surface area (Å²) >= 11 is 0. The highest BCUT2D eigenvalue weighted by molar-refractivity contribution is 5.42. The van der Waals surface area contributed by atoms with E-state index in [1.807, 2.05) is 6.07 Å². The minimum atomic E-state index is -4.48. The zero-order chi connectivity index (χ0) is 13.3. The molecule has 0 spiro atoms. The Bertz CT molecular complexity index is 620. The Morgan fingerprint density at radius 1 is 1.33 bits per heavy atom. The van der Waals surface area contributed by atoms with Gasteiger partial charge in [0.25, 0.3) is 0 Å². The van der Waals surface area contributed by atoms with Gasteiger partial charge < -0.3 is 0 Å². The molecule has 1 aromatic heterocycles. The van der Waals surface area contributed by atoms with Gasteiger partial charge in [0.15, 0.2) is 5.69 Å². The number of hydrogen-bond donors (Lipinski definition) is 0. The molecule has 0 atom stereocenters. The van der Waals surface area contributed by atoms with Gasteiger partial charge in [0.05, 0.1) is 23.5 Å². The smallest absolute Gasteiger partial charge is 0.228 e. The van der Waals surface area contributed by atoms with E-state index in [0.29, 0.717) is 0 Å². The van der Waals surface area contributed by atoms with Crippen molar-refractivity contribution in [3.63, 3.8) is 0 Å². The average molecular weight is 251 g/mol. The molecule has 2 aromatic rings. The largest absolute Gasteiger partial charge is 0.433 e. The fraction of sp³-hybridized carbons (Fsp3) is 0.167. The highest BCUT2D eigenvalue weighted by Crippen LogP contribution is 2.33. The first kappa shape index (κ1) is 12.2. The van der Waals surface area contributed by atoms with Gasteiger partial charge in [-0.3, -0.25) is 0 Å². The van der Waals surface area contributed by atoms with Crippen molar-refractivity contribution in [1.29, 1.82) is 5.26 Å².